The highest BCUT2D eigenvalue weighted by molar-refractivity contribution is 5.66. The Balaban J connectivity index is 2.68. The van der Waals surface area contributed by atoms with Crippen molar-refractivity contribution in [1.29, 1.82) is 5.26 Å². The van der Waals surface area contributed by atoms with Gasteiger partial charge in [-0.25, -0.2) is 4.39 Å². The maximum atomic E-state index is 13.4. The molecule has 0 heterocycles. The van der Waals surface area contributed by atoms with Crippen LogP contribution in [0.25, 0.3) is 0 Å². The van der Waals surface area contributed by atoms with Crippen LogP contribution < -0.4 is 4.74 Å². The molecule has 18 heavy (non-hydrogen) atoms. The Morgan fingerprint density at radius 1 is 1.61 bits per heavy atom. The summed E-state index contributed by atoms with van der Waals surface area (Å²) >= 11 is 0. The Hall–Kier alpha value is -2.09. The van der Waals surface area contributed by atoms with E-state index in [2.05, 4.69) is 0 Å². The SMILES string of the molecule is COc1ccc(CC(C#N)CCC(=O)O)cc1F. The van der Waals surface area contributed by atoms with E-state index in [4.69, 9.17) is 15.1 Å². The molecular weight excluding hydrogens is 237 g/mol. The lowest BCUT2D eigenvalue weighted by Gasteiger charge is -2.09. The molecule has 1 unspecified atom stereocenters. The van der Waals surface area contributed by atoms with Gasteiger partial charge in [-0.2, -0.15) is 5.26 Å². The van der Waals surface area contributed by atoms with E-state index in [1.807, 2.05) is 6.07 Å². The molecule has 0 aliphatic carbocycles. The maximum Gasteiger partial charge on any atom is 0.303 e. The van der Waals surface area contributed by atoms with E-state index in [1.54, 1.807) is 6.07 Å². The predicted molar refractivity (Wildman–Crippen MR) is 62.6 cm³/mol. The predicted octanol–water partition coefficient (Wildman–Crippen LogP) is 2.38. The second-order valence-electron chi connectivity index (χ2n) is 3.93. The van der Waals surface area contributed by atoms with Gasteiger partial charge in [0.2, 0.25) is 0 Å². The first-order valence-electron chi connectivity index (χ1n) is 5.50. The van der Waals surface area contributed by atoms with Crippen LogP contribution >= 0.6 is 0 Å². The number of hydrogen-bond donors (Lipinski definition) is 1. The van der Waals surface area contributed by atoms with Crippen LogP contribution in [0.3, 0.4) is 0 Å². The van der Waals surface area contributed by atoms with Crippen LogP contribution in [0.1, 0.15) is 18.4 Å². The normalized spacial score (nSPS) is 11.6. The van der Waals surface area contributed by atoms with Crippen molar-refractivity contribution in [2.45, 2.75) is 19.3 Å². The van der Waals surface area contributed by atoms with Crippen molar-refractivity contribution in [2.24, 2.45) is 5.92 Å². The molecular formula is C13H14FNO3. The summed E-state index contributed by atoms with van der Waals surface area (Å²) in [6.45, 7) is 0. The molecule has 0 spiro atoms. The fourth-order valence-electron chi connectivity index (χ4n) is 1.63. The van der Waals surface area contributed by atoms with Crippen LogP contribution in [0.5, 0.6) is 5.75 Å². The summed E-state index contributed by atoms with van der Waals surface area (Å²) in [5, 5.41) is 17.5. The number of rotatable bonds is 6. The van der Waals surface area contributed by atoms with Crippen LogP contribution in [0.4, 0.5) is 4.39 Å². The molecule has 5 heteroatoms. The maximum absolute atomic E-state index is 13.4. The summed E-state index contributed by atoms with van der Waals surface area (Å²) in [7, 11) is 1.38. The summed E-state index contributed by atoms with van der Waals surface area (Å²) in [6, 6.07) is 6.52. The number of carbonyl (C=O) groups is 1. The second-order valence-corrected chi connectivity index (χ2v) is 3.93. The highest BCUT2D eigenvalue weighted by atomic mass is 19.1. The second kappa shape index (κ2) is 6.60. The Morgan fingerprint density at radius 3 is 2.83 bits per heavy atom. The molecule has 4 nitrogen and oxygen atoms in total. The Morgan fingerprint density at radius 2 is 2.33 bits per heavy atom. The van der Waals surface area contributed by atoms with Gasteiger partial charge >= 0.3 is 5.97 Å². The highest BCUT2D eigenvalue weighted by Gasteiger charge is 2.12. The molecule has 0 bridgehead atoms. The van der Waals surface area contributed by atoms with Gasteiger partial charge in [-0.15, -0.1) is 0 Å². The zero-order valence-corrected chi connectivity index (χ0v) is 10.0. The van der Waals surface area contributed by atoms with Crippen molar-refractivity contribution < 1.29 is 19.0 Å². The van der Waals surface area contributed by atoms with Gasteiger partial charge in [-0.3, -0.25) is 4.79 Å². The van der Waals surface area contributed by atoms with Gasteiger partial charge in [0.05, 0.1) is 19.1 Å². The highest BCUT2D eigenvalue weighted by Crippen LogP contribution is 2.20. The van der Waals surface area contributed by atoms with Crippen molar-refractivity contribution in [3.05, 3.63) is 29.6 Å². The number of halogens is 1. The zero-order chi connectivity index (χ0) is 13.5. The molecule has 96 valence electrons. The number of nitrogens with zero attached hydrogens (tertiary/aromatic N) is 1. The average molecular weight is 251 g/mol. The first-order chi connectivity index (χ1) is 8.56. The number of carboxylic acid groups (broad SMARTS) is 1. The van der Waals surface area contributed by atoms with E-state index in [1.165, 1.54) is 19.2 Å². The summed E-state index contributed by atoms with van der Waals surface area (Å²) < 4.78 is 18.2. The van der Waals surface area contributed by atoms with Crippen molar-refractivity contribution in [3.63, 3.8) is 0 Å². The van der Waals surface area contributed by atoms with Crippen LogP contribution in [0, 0.1) is 23.1 Å². The molecule has 1 atom stereocenters. The molecule has 0 saturated heterocycles. The van der Waals surface area contributed by atoms with E-state index >= 15 is 0 Å². The standard InChI is InChI=1S/C13H14FNO3/c1-18-12-4-2-9(7-11(12)14)6-10(8-15)3-5-13(16)17/h2,4,7,10H,3,5-6H2,1H3,(H,16,17). The van der Waals surface area contributed by atoms with E-state index in [0.717, 1.165) is 0 Å². The minimum Gasteiger partial charge on any atom is -0.494 e. The minimum absolute atomic E-state index is 0.0587. The number of nitriles is 1. The number of methoxy groups -OCH3 is 1. The topological polar surface area (TPSA) is 70.3 Å². The number of benzene rings is 1. The van der Waals surface area contributed by atoms with Crippen molar-refractivity contribution in [2.75, 3.05) is 7.11 Å². The Labute approximate surface area is 105 Å². The number of carboxylic acids is 1. The Kier molecular flexibility index (Phi) is 5.12. The lowest BCUT2D eigenvalue weighted by Crippen LogP contribution is -2.06. The third-order valence-electron chi connectivity index (χ3n) is 2.59. The van der Waals surface area contributed by atoms with Crippen LogP contribution in [0.2, 0.25) is 0 Å². The van der Waals surface area contributed by atoms with E-state index in [0.29, 0.717) is 12.0 Å². The van der Waals surface area contributed by atoms with E-state index in [-0.39, 0.29) is 18.6 Å². The van der Waals surface area contributed by atoms with Gasteiger partial charge in [0.1, 0.15) is 0 Å². The molecule has 0 radical (unpaired) electrons. The molecule has 0 saturated carbocycles. The average Bonchev–Trinajstić information content (AvgIpc) is 2.34. The van der Waals surface area contributed by atoms with Gasteiger partial charge in [0.25, 0.3) is 0 Å². The molecule has 1 aromatic rings. The largest absolute Gasteiger partial charge is 0.494 e. The van der Waals surface area contributed by atoms with Crippen molar-refractivity contribution in [1.82, 2.24) is 0 Å². The number of hydrogen-bond acceptors (Lipinski definition) is 3. The van der Waals surface area contributed by atoms with Gasteiger partial charge in [0, 0.05) is 6.42 Å². The molecule has 0 aromatic heterocycles. The summed E-state index contributed by atoms with van der Waals surface area (Å²) in [6.07, 6.45) is 0.543. The Bertz CT molecular complexity index is 468. The van der Waals surface area contributed by atoms with Gasteiger partial charge in [0.15, 0.2) is 11.6 Å². The van der Waals surface area contributed by atoms with Crippen molar-refractivity contribution >= 4 is 5.97 Å². The van der Waals surface area contributed by atoms with Crippen LogP contribution in [0.15, 0.2) is 18.2 Å². The van der Waals surface area contributed by atoms with Crippen LogP contribution in [-0.2, 0) is 11.2 Å². The molecule has 0 amide bonds. The molecule has 0 aliphatic heterocycles. The third kappa shape index (κ3) is 4.06. The van der Waals surface area contributed by atoms with Gasteiger partial charge in [-0.05, 0) is 30.5 Å². The minimum atomic E-state index is -0.934. The monoisotopic (exact) mass is 251 g/mol. The molecule has 1 rings (SSSR count). The first-order valence-corrected chi connectivity index (χ1v) is 5.50. The molecule has 1 aromatic carbocycles. The fourth-order valence-corrected chi connectivity index (χ4v) is 1.63. The van der Waals surface area contributed by atoms with E-state index in [9.17, 15) is 9.18 Å². The van der Waals surface area contributed by atoms with Gasteiger partial charge in [-0.1, -0.05) is 6.07 Å². The lowest BCUT2D eigenvalue weighted by atomic mass is 9.96. The quantitative estimate of drug-likeness (QED) is 0.842. The van der Waals surface area contributed by atoms with Crippen LogP contribution in [-0.4, -0.2) is 18.2 Å². The molecule has 1 N–H and O–H groups in total. The zero-order valence-electron chi connectivity index (χ0n) is 10.0. The smallest absolute Gasteiger partial charge is 0.303 e. The van der Waals surface area contributed by atoms with E-state index < -0.39 is 17.7 Å². The summed E-state index contributed by atoms with van der Waals surface area (Å²) in [5.41, 5.74) is 0.658. The number of aliphatic carboxylic acids is 1. The summed E-state index contributed by atoms with van der Waals surface area (Å²) in [5.74, 6) is -1.69. The lowest BCUT2D eigenvalue weighted by molar-refractivity contribution is -0.137. The number of ether oxygens (including phenoxy) is 1. The molecule has 0 aliphatic rings. The van der Waals surface area contributed by atoms with Gasteiger partial charge < -0.3 is 9.84 Å². The fraction of sp³-hybridized carbons (Fsp3) is 0.385. The molecule has 0 fully saturated rings. The van der Waals surface area contributed by atoms with Crippen molar-refractivity contribution in [3.8, 4) is 11.8 Å². The first kappa shape index (κ1) is 14.0. The third-order valence-corrected chi connectivity index (χ3v) is 2.59. The summed E-state index contributed by atoms with van der Waals surface area (Å²) in [4.78, 5) is 10.4.